The molecule has 3 unspecified atom stereocenters. The van der Waals surface area contributed by atoms with Crippen LogP contribution in [0, 0.1) is 17.5 Å². The van der Waals surface area contributed by atoms with Gasteiger partial charge in [0.2, 0.25) is 12.1 Å². The van der Waals surface area contributed by atoms with Crippen LogP contribution >= 0.6 is 0 Å². The Morgan fingerprint density at radius 3 is 2.25 bits per heavy atom. The fourth-order valence-corrected chi connectivity index (χ4v) is 4.79. The lowest BCUT2D eigenvalue weighted by Crippen LogP contribution is -2.45. The number of hydrogen-bond acceptors (Lipinski definition) is 4. The highest BCUT2D eigenvalue weighted by atomic mass is 19.2. The van der Waals surface area contributed by atoms with E-state index in [0.717, 1.165) is 29.8 Å². The molecule has 0 saturated heterocycles. The number of aliphatic imine (C=N–C) groups is 1. The Hall–Kier alpha value is -4.76. The minimum Gasteiger partial charge on any atom is -0.396 e. The van der Waals surface area contributed by atoms with Crippen LogP contribution in [0.15, 0.2) is 102 Å². The van der Waals surface area contributed by atoms with Crippen molar-refractivity contribution in [3.63, 3.8) is 0 Å². The maximum absolute atomic E-state index is 14.1. The molecule has 0 aliphatic carbocycles. The van der Waals surface area contributed by atoms with Crippen molar-refractivity contribution in [1.29, 1.82) is 0 Å². The van der Waals surface area contributed by atoms with Crippen LogP contribution in [0.1, 0.15) is 34.1 Å². The molecule has 3 N–H and O–H groups in total. The first-order valence-corrected chi connectivity index (χ1v) is 12.5. The van der Waals surface area contributed by atoms with Crippen molar-refractivity contribution in [3.8, 4) is 0 Å². The summed E-state index contributed by atoms with van der Waals surface area (Å²) in [6.07, 6.45) is -1.37. The van der Waals surface area contributed by atoms with Gasteiger partial charge in [0.15, 0.2) is 11.6 Å². The van der Waals surface area contributed by atoms with Crippen LogP contribution in [-0.2, 0) is 9.59 Å². The van der Waals surface area contributed by atoms with Gasteiger partial charge in [0, 0.05) is 17.0 Å². The van der Waals surface area contributed by atoms with E-state index in [-0.39, 0.29) is 5.56 Å². The predicted molar refractivity (Wildman–Crippen MR) is 144 cm³/mol. The van der Waals surface area contributed by atoms with Crippen molar-refractivity contribution in [1.82, 2.24) is 5.32 Å². The van der Waals surface area contributed by atoms with Gasteiger partial charge in [0.05, 0.1) is 23.9 Å². The third kappa shape index (κ3) is 5.50. The normalized spacial score (nSPS) is 16.1. The van der Waals surface area contributed by atoms with Gasteiger partial charge in [0.1, 0.15) is 5.82 Å². The quantitative estimate of drug-likeness (QED) is 0.310. The van der Waals surface area contributed by atoms with Gasteiger partial charge in [-0.3, -0.25) is 9.59 Å². The molecule has 4 aromatic rings. The number of nitrogens with one attached hydrogen (secondary N) is 2. The van der Waals surface area contributed by atoms with Gasteiger partial charge in [-0.25, -0.2) is 18.2 Å². The summed E-state index contributed by atoms with van der Waals surface area (Å²) in [7, 11) is 0. The minimum absolute atomic E-state index is 0.150. The standard InChI is InChI=1S/C31H24F3N3O3/c32-21-13-10-18(11-14-21)27(23(17-38)20-12-15-24(33)25(34)16-20)30(39)37-29-31(40)35-26-9-5-4-8-22(26)28(36-29)19-6-2-1-3-7-19/h1-16,23,27,29,38H,17H2,(H,35,40)(H,37,39). The minimum atomic E-state index is -1.37. The number of nitrogens with zero attached hydrogens (tertiary/aromatic N) is 1. The van der Waals surface area contributed by atoms with Crippen molar-refractivity contribution >= 4 is 23.2 Å². The number of anilines is 1. The van der Waals surface area contributed by atoms with Crippen LogP contribution in [0.4, 0.5) is 18.9 Å². The number of para-hydroxylation sites is 1. The number of amides is 2. The average molecular weight is 544 g/mol. The SMILES string of the molecule is O=C1Nc2ccccc2C(c2ccccc2)=NC1NC(=O)C(c1ccc(F)cc1)C(CO)c1ccc(F)c(F)c1. The lowest BCUT2D eigenvalue weighted by molar-refractivity contribution is -0.127. The largest absolute Gasteiger partial charge is 0.396 e. The molecule has 1 aliphatic heterocycles. The van der Waals surface area contributed by atoms with E-state index in [1.54, 1.807) is 24.3 Å². The first-order chi connectivity index (χ1) is 19.4. The molecule has 1 heterocycles. The molecule has 0 radical (unpaired) electrons. The number of benzene rings is 4. The Kier molecular flexibility index (Phi) is 7.75. The van der Waals surface area contributed by atoms with Gasteiger partial charge in [-0.2, -0.15) is 0 Å². The number of aliphatic hydroxyl groups is 1. The number of halogens is 3. The Morgan fingerprint density at radius 2 is 1.55 bits per heavy atom. The Labute approximate surface area is 228 Å². The second kappa shape index (κ2) is 11.5. The van der Waals surface area contributed by atoms with Crippen LogP contribution in [-0.4, -0.2) is 35.4 Å². The van der Waals surface area contributed by atoms with Crippen LogP contribution < -0.4 is 10.6 Å². The Bertz CT molecular complexity index is 1580. The number of benzodiazepines with no additional fused rings is 1. The Balaban J connectivity index is 1.55. The molecular formula is C31H24F3N3O3. The molecule has 9 heteroatoms. The van der Waals surface area contributed by atoms with Crippen LogP contribution in [0.25, 0.3) is 0 Å². The third-order valence-electron chi connectivity index (χ3n) is 6.76. The van der Waals surface area contributed by atoms with E-state index in [9.17, 15) is 27.9 Å². The van der Waals surface area contributed by atoms with Crippen LogP contribution in [0.5, 0.6) is 0 Å². The second-order valence-corrected chi connectivity index (χ2v) is 9.28. The highest BCUT2D eigenvalue weighted by Crippen LogP contribution is 2.34. The van der Waals surface area contributed by atoms with Gasteiger partial charge in [0.25, 0.3) is 5.91 Å². The molecule has 0 bridgehead atoms. The summed E-state index contributed by atoms with van der Waals surface area (Å²) in [6, 6.07) is 24.4. The van der Waals surface area contributed by atoms with Crippen LogP contribution in [0.2, 0.25) is 0 Å². The average Bonchev–Trinajstić information content (AvgIpc) is 3.10. The van der Waals surface area contributed by atoms with Crippen molar-refractivity contribution in [2.24, 2.45) is 4.99 Å². The molecule has 1 aliphatic rings. The van der Waals surface area contributed by atoms with Gasteiger partial charge >= 0.3 is 0 Å². The first-order valence-electron chi connectivity index (χ1n) is 12.5. The summed E-state index contributed by atoms with van der Waals surface area (Å²) in [6.45, 7) is -0.624. The maximum atomic E-state index is 14.1. The van der Waals surface area contributed by atoms with Gasteiger partial charge in [-0.05, 0) is 41.5 Å². The van der Waals surface area contributed by atoms with E-state index < -0.39 is 53.9 Å². The zero-order valence-electron chi connectivity index (χ0n) is 21.0. The summed E-state index contributed by atoms with van der Waals surface area (Å²) >= 11 is 0. The molecule has 0 saturated carbocycles. The van der Waals surface area contributed by atoms with Gasteiger partial charge in [-0.15, -0.1) is 0 Å². The monoisotopic (exact) mass is 543 g/mol. The molecule has 2 amide bonds. The van der Waals surface area contributed by atoms with E-state index in [4.69, 9.17) is 0 Å². The number of hydrogen-bond donors (Lipinski definition) is 3. The third-order valence-corrected chi connectivity index (χ3v) is 6.76. The van der Waals surface area contributed by atoms with Crippen LogP contribution in [0.3, 0.4) is 0 Å². The lowest BCUT2D eigenvalue weighted by atomic mass is 9.81. The van der Waals surface area contributed by atoms with E-state index in [1.807, 2.05) is 30.3 Å². The molecule has 0 aromatic heterocycles. The fourth-order valence-electron chi connectivity index (χ4n) is 4.79. The van der Waals surface area contributed by atoms with Crippen molar-refractivity contribution < 1.29 is 27.9 Å². The van der Waals surface area contributed by atoms with Crippen molar-refractivity contribution in [3.05, 3.63) is 137 Å². The first kappa shape index (κ1) is 26.8. The number of fused-ring (bicyclic) bond motifs is 1. The number of carbonyl (C=O) groups is 2. The van der Waals surface area contributed by atoms with Gasteiger partial charge < -0.3 is 15.7 Å². The Morgan fingerprint density at radius 1 is 0.875 bits per heavy atom. The molecule has 40 heavy (non-hydrogen) atoms. The summed E-state index contributed by atoms with van der Waals surface area (Å²) in [5, 5.41) is 15.8. The molecule has 202 valence electrons. The molecule has 5 rings (SSSR count). The summed E-state index contributed by atoms with van der Waals surface area (Å²) in [4.78, 5) is 31.7. The summed E-state index contributed by atoms with van der Waals surface area (Å²) in [5.41, 5.74) is 2.80. The highest BCUT2D eigenvalue weighted by molar-refractivity contribution is 6.19. The predicted octanol–water partition coefficient (Wildman–Crippen LogP) is 4.90. The molecule has 3 atom stereocenters. The molecule has 0 fully saturated rings. The smallest absolute Gasteiger partial charge is 0.269 e. The van der Waals surface area contributed by atoms with E-state index >= 15 is 0 Å². The zero-order chi connectivity index (χ0) is 28.2. The van der Waals surface area contributed by atoms with E-state index in [2.05, 4.69) is 15.6 Å². The zero-order valence-corrected chi connectivity index (χ0v) is 21.0. The number of carbonyl (C=O) groups excluding carboxylic acids is 2. The summed E-state index contributed by atoms with van der Waals surface area (Å²) < 4.78 is 41.5. The lowest BCUT2D eigenvalue weighted by Gasteiger charge is -2.27. The van der Waals surface area contributed by atoms with Crippen molar-refractivity contribution in [2.75, 3.05) is 11.9 Å². The highest BCUT2D eigenvalue weighted by Gasteiger charge is 2.35. The maximum Gasteiger partial charge on any atom is 0.269 e. The fraction of sp³-hybridized carbons (Fsp3) is 0.129. The second-order valence-electron chi connectivity index (χ2n) is 9.28. The number of aliphatic hydroxyl groups excluding tert-OH is 1. The van der Waals surface area contributed by atoms with E-state index in [1.165, 1.54) is 18.2 Å². The molecule has 6 nitrogen and oxygen atoms in total. The molecular weight excluding hydrogens is 519 g/mol. The molecule has 0 spiro atoms. The number of rotatable bonds is 7. The van der Waals surface area contributed by atoms with E-state index in [0.29, 0.717) is 22.5 Å². The van der Waals surface area contributed by atoms with Gasteiger partial charge in [-0.1, -0.05) is 66.7 Å². The summed E-state index contributed by atoms with van der Waals surface area (Å²) in [5.74, 6) is -6.36. The topological polar surface area (TPSA) is 90.8 Å². The van der Waals surface area contributed by atoms with Crippen molar-refractivity contribution in [2.45, 2.75) is 18.0 Å². The molecule has 4 aromatic carbocycles.